The highest BCUT2D eigenvalue weighted by atomic mass is 16.6. The van der Waals surface area contributed by atoms with E-state index in [4.69, 9.17) is 4.74 Å². The van der Waals surface area contributed by atoms with E-state index >= 15 is 0 Å². The van der Waals surface area contributed by atoms with Crippen LogP contribution in [-0.2, 0) is 11.8 Å². The van der Waals surface area contributed by atoms with E-state index in [9.17, 15) is 19.5 Å². The van der Waals surface area contributed by atoms with Gasteiger partial charge in [-0.15, -0.1) is 0 Å². The molecule has 0 radical (unpaired) electrons. The molecule has 0 unspecified atom stereocenters. The van der Waals surface area contributed by atoms with Crippen LogP contribution < -0.4 is 10.6 Å². The largest absolute Gasteiger partial charge is 0.507 e. The number of alkyl carbamates (subject to hydrolysis) is 1. The number of hydrogen-bond donors (Lipinski definition) is 4. The Morgan fingerprint density at radius 2 is 2.06 bits per heavy atom. The van der Waals surface area contributed by atoms with Gasteiger partial charge in [0.15, 0.2) is 12.1 Å². The van der Waals surface area contributed by atoms with E-state index in [-0.39, 0.29) is 29.4 Å². The molecule has 1 saturated carbocycles. The van der Waals surface area contributed by atoms with Gasteiger partial charge in [-0.3, -0.25) is 19.4 Å². The summed E-state index contributed by atoms with van der Waals surface area (Å²) in [7, 11) is 1.64. The van der Waals surface area contributed by atoms with Crippen molar-refractivity contribution in [3.8, 4) is 17.0 Å². The van der Waals surface area contributed by atoms with Crippen molar-refractivity contribution in [3.05, 3.63) is 47.3 Å². The van der Waals surface area contributed by atoms with Gasteiger partial charge in [0.25, 0.3) is 5.91 Å². The van der Waals surface area contributed by atoms with E-state index in [0.29, 0.717) is 35.5 Å². The summed E-state index contributed by atoms with van der Waals surface area (Å²) in [6, 6.07) is 7.95. The molecule has 1 aliphatic carbocycles. The zero-order valence-electron chi connectivity index (χ0n) is 19.7. The van der Waals surface area contributed by atoms with Gasteiger partial charge < -0.3 is 20.5 Å². The predicted molar refractivity (Wildman–Crippen MR) is 127 cm³/mol. The van der Waals surface area contributed by atoms with E-state index in [1.807, 2.05) is 13.8 Å². The van der Waals surface area contributed by atoms with Crippen molar-refractivity contribution >= 4 is 24.1 Å². The Hall–Kier alpha value is -4.15. The number of aryl methyl sites for hydroxylation is 1. The molecule has 2 amide bonds. The molecule has 2 aromatic heterocycles. The lowest BCUT2D eigenvalue weighted by molar-refractivity contribution is 0.0979. The Morgan fingerprint density at radius 1 is 1.26 bits per heavy atom. The lowest BCUT2D eigenvalue weighted by Crippen LogP contribution is -2.33. The molecule has 1 fully saturated rings. The summed E-state index contributed by atoms with van der Waals surface area (Å²) in [6.45, 7) is 3.75. The second-order valence-corrected chi connectivity index (χ2v) is 8.93. The number of nitrogens with zero attached hydrogens (tertiary/aromatic N) is 3. The molecule has 184 valence electrons. The van der Waals surface area contributed by atoms with Gasteiger partial charge >= 0.3 is 6.09 Å². The first-order chi connectivity index (χ1) is 16.7. The second kappa shape index (κ2) is 10.00. The lowest BCUT2D eigenvalue weighted by Gasteiger charge is -2.14. The standard InChI is InChI=1S/C24H28N6O5/c1-13(2)25-24(34)35-17-6-4-15(9-17)18-11-22(28-27-18)26-23(33)20-10-19(29-30(20)3)14-5-7-21(32)16(8-14)12-31/h5,7-8,10-13,15,17,32H,4,6,9H2,1-3H3,(H,25,34)(H2,26,27,28,33)/t15-,17+/m0/s1. The minimum absolute atomic E-state index is 0.0175. The molecule has 2 heterocycles. The van der Waals surface area contributed by atoms with Crippen LogP contribution in [0, 0.1) is 0 Å². The minimum atomic E-state index is -0.409. The Kier molecular flexibility index (Phi) is 6.85. The first kappa shape index (κ1) is 24.0. The number of amides is 2. The van der Waals surface area contributed by atoms with Crippen molar-refractivity contribution in [3.63, 3.8) is 0 Å². The number of carbonyl (C=O) groups is 3. The van der Waals surface area contributed by atoms with Crippen molar-refractivity contribution in [1.29, 1.82) is 0 Å². The van der Waals surface area contributed by atoms with Gasteiger partial charge in [-0.1, -0.05) is 0 Å². The summed E-state index contributed by atoms with van der Waals surface area (Å²) in [6.07, 6.45) is 2.28. The molecule has 11 heteroatoms. The molecule has 1 aliphatic rings. The summed E-state index contributed by atoms with van der Waals surface area (Å²) in [5, 5.41) is 26.7. The third-order valence-electron chi connectivity index (χ3n) is 5.91. The summed E-state index contributed by atoms with van der Waals surface area (Å²) >= 11 is 0. The number of aromatic amines is 1. The van der Waals surface area contributed by atoms with Gasteiger partial charge in [0, 0.05) is 36.3 Å². The monoisotopic (exact) mass is 480 g/mol. The van der Waals surface area contributed by atoms with Crippen LogP contribution in [-0.4, -0.2) is 55.5 Å². The molecular formula is C24H28N6O5. The first-order valence-corrected chi connectivity index (χ1v) is 11.4. The fourth-order valence-electron chi connectivity index (χ4n) is 4.17. The van der Waals surface area contributed by atoms with Crippen LogP contribution in [0.1, 0.15) is 65.6 Å². The van der Waals surface area contributed by atoms with E-state index in [0.717, 1.165) is 18.5 Å². The Balaban J connectivity index is 1.39. The number of aromatic hydroxyl groups is 1. The van der Waals surface area contributed by atoms with Crippen LogP contribution in [0.15, 0.2) is 30.3 Å². The average molecular weight is 481 g/mol. The van der Waals surface area contributed by atoms with Crippen molar-refractivity contribution in [2.75, 3.05) is 5.32 Å². The highest BCUT2D eigenvalue weighted by molar-refractivity contribution is 6.03. The number of aromatic nitrogens is 4. The maximum absolute atomic E-state index is 12.9. The third kappa shape index (κ3) is 5.51. The molecule has 4 rings (SSSR count). The number of phenolic OH excluding ortho intramolecular Hbond substituents is 1. The number of rotatable bonds is 7. The summed E-state index contributed by atoms with van der Waals surface area (Å²) in [4.78, 5) is 35.8. The van der Waals surface area contributed by atoms with Gasteiger partial charge in [0.1, 0.15) is 17.5 Å². The molecule has 0 saturated heterocycles. The van der Waals surface area contributed by atoms with Gasteiger partial charge in [-0.2, -0.15) is 10.2 Å². The molecule has 35 heavy (non-hydrogen) atoms. The zero-order valence-corrected chi connectivity index (χ0v) is 19.7. The normalized spacial score (nSPS) is 17.4. The van der Waals surface area contributed by atoms with Crippen molar-refractivity contribution in [2.45, 2.75) is 51.2 Å². The van der Waals surface area contributed by atoms with Gasteiger partial charge in [0.05, 0.1) is 11.3 Å². The maximum Gasteiger partial charge on any atom is 0.407 e. The number of aldehydes is 1. The second-order valence-electron chi connectivity index (χ2n) is 8.93. The Labute approximate surface area is 201 Å². The lowest BCUT2D eigenvalue weighted by atomic mass is 10.0. The van der Waals surface area contributed by atoms with E-state index < -0.39 is 12.0 Å². The fourth-order valence-corrected chi connectivity index (χ4v) is 4.17. The van der Waals surface area contributed by atoms with Crippen LogP contribution >= 0.6 is 0 Å². The van der Waals surface area contributed by atoms with Gasteiger partial charge in [0.2, 0.25) is 0 Å². The predicted octanol–water partition coefficient (Wildman–Crippen LogP) is 3.35. The highest BCUT2D eigenvalue weighted by Gasteiger charge is 2.30. The molecule has 11 nitrogen and oxygen atoms in total. The zero-order chi connectivity index (χ0) is 25.1. The third-order valence-corrected chi connectivity index (χ3v) is 5.91. The molecule has 2 atom stereocenters. The quantitative estimate of drug-likeness (QED) is 0.379. The number of H-pyrrole nitrogens is 1. The highest BCUT2D eigenvalue weighted by Crippen LogP contribution is 2.36. The number of nitrogens with one attached hydrogen (secondary N) is 3. The number of benzene rings is 1. The van der Waals surface area contributed by atoms with Gasteiger partial charge in [-0.25, -0.2) is 4.79 Å². The van der Waals surface area contributed by atoms with Crippen LogP contribution in [0.25, 0.3) is 11.3 Å². The fraction of sp³-hybridized carbons (Fsp3) is 0.375. The van der Waals surface area contributed by atoms with E-state index in [1.54, 1.807) is 25.2 Å². The Morgan fingerprint density at radius 3 is 2.80 bits per heavy atom. The Bertz CT molecular complexity index is 1250. The number of carbonyl (C=O) groups excluding carboxylic acids is 3. The van der Waals surface area contributed by atoms with E-state index in [1.165, 1.54) is 16.8 Å². The maximum atomic E-state index is 12.9. The van der Waals surface area contributed by atoms with Crippen molar-refractivity contribution in [1.82, 2.24) is 25.3 Å². The number of ether oxygens (including phenoxy) is 1. The molecule has 1 aromatic carbocycles. The number of anilines is 1. The van der Waals surface area contributed by atoms with Crippen LogP contribution in [0.3, 0.4) is 0 Å². The molecule has 0 bridgehead atoms. The summed E-state index contributed by atoms with van der Waals surface area (Å²) < 4.78 is 6.92. The van der Waals surface area contributed by atoms with Crippen molar-refractivity contribution in [2.24, 2.45) is 7.05 Å². The van der Waals surface area contributed by atoms with Crippen LogP contribution in [0.5, 0.6) is 5.75 Å². The molecule has 3 aromatic rings. The van der Waals surface area contributed by atoms with Crippen LogP contribution in [0.4, 0.5) is 10.6 Å². The topological polar surface area (TPSA) is 151 Å². The first-order valence-electron chi connectivity index (χ1n) is 11.4. The molecule has 0 spiro atoms. The van der Waals surface area contributed by atoms with E-state index in [2.05, 4.69) is 25.9 Å². The molecule has 0 aliphatic heterocycles. The SMILES string of the molecule is CC(C)NC(=O)O[C@@H]1CC[C@H](c2cc(NC(=O)c3cc(-c4ccc(O)c(C=O)c4)nn3C)n[nH]2)C1. The number of hydrogen-bond acceptors (Lipinski definition) is 7. The minimum Gasteiger partial charge on any atom is -0.507 e. The van der Waals surface area contributed by atoms with Crippen LogP contribution in [0.2, 0.25) is 0 Å². The van der Waals surface area contributed by atoms with Crippen molar-refractivity contribution < 1.29 is 24.2 Å². The molecular weight excluding hydrogens is 452 g/mol. The molecule has 4 N–H and O–H groups in total. The summed E-state index contributed by atoms with van der Waals surface area (Å²) in [5.74, 6) is 0.0139. The average Bonchev–Trinajstić information content (AvgIpc) is 3.53. The van der Waals surface area contributed by atoms with Gasteiger partial charge in [-0.05, 0) is 57.4 Å². The number of phenols is 1. The summed E-state index contributed by atoms with van der Waals surface area (Å²) in [5.41, 5.74) is 2.40. The smallest absolute Gasteiger partial charge is 0.407 e.